The normalized spacial score (nSPS) is 17.6. The first-order valence-electron chi connectivity index (χ1n) is 7.97. The second-order valence-corrected chi connectivity index (χ2v) is 5.69. The van der Waals surface area contributed by atoms with Crippen molar-refractivity contribution in [3.8, 4) is 6.07 Å². The topological polar surface area (TPSA) is 77.7 Å². The van der Waals surface area contributed by atoms with Crippen LogP contribution in [0.2, 0.25) is 0 Å². The highest BCUT2D eigenvalue weighted by atomic mass is 15.2. The Kier molecular flexibility index (Phi) is 4.67. The number of anilines is 2. The zero-order chi connectivity index (χ0) is 16.1. The first-order valence-corrected chi connectivity index (χ1v) is 7.97. The van der Waals surface area contributed by atoms with Gasteiger partial charge in [-0.05, 0) is 31.4 Å². The fourth-order valence-electron chi connectivity index (χ4n) is 2.84. The summed E-state index contributed by atoms with van der Waals surface area (Å²) in [6, 6.07) is 8.10. The summed E-state index contributed by atoms with van der Waals surface area (Å²) in [5.74, 6) is 1.00. The van der Waals surface area contributed by atoms with Crippen LogP contribution in [0.25, 0.3) is 0 Å². The van der Waals surface area contributed by atoms with Gasteiger partial charge in [-0.15, -0.1) is 0 Å². The van der Waals surface area contributed by atoms with Gasteiger partial charge in [0.15, 0.2) is 0 Å². The fourth-order valence-corrected chi connectivity index (χ4v) is 2.84. The molecule has 0 aromatic carbocycles. The van der Waals surface area contributed by atoms with E-state index >= 15 is 0 Å². The van der Waals surface area contributed by atoms with Gasteiger partial charge in [0.05, 0.1) is 11.9 Å². The molecule has 1 saturated heterocycles. The van der Waals surface area contributed by atoms with E-state index in [0.717, 1.165) is 49.6 Å². The van der Waals surface area contributed by atoms with Crippen molar-refractivity contribution in [2.24, 2.45) is 0 Å². The van der Waals surface area contributed by atoms with Gasteiger partial charge in [-0.3, -0.25) is 0 Å². The average molecular weight is 308 g/mol. The van der Waals surface area contributed by atoms with E-state index in [9.17, 15) is 0 Å². The van der Waals surface area contributed by atoms with Gasteiger partial charge in [0.25, 0.3) is 0 Å². The van der Waals surface area contributed by atoms with Crippen LogP contribution in [0.1, 0.15) is 31.2 Å². The smallest absolute Gasteiger partial charge is 0.140 e. The maximum absolute atomic E-state index is 8.80. The largest absolute Gasteiger partial charge is 0.379 e. The molecule has 0 aliphatic carbocycles. The van der Waals surface area contributed by atoms with E-state index in [-0.39, 0.29) is 0 Å². The van der Waals surface area contributed by atoms with Crippen molar-refractivity contribution in [1.29, 1.82) is 5.26 Å². The molecule has 1 atom stereocenters. The van der Waals surface area contributed by atoms with Crippen LogP contribution in [-0.4, -0.2) is 34.1 Å². The highest BCUT2D eigenvalue weighted by Gasteiger charge is 2.21. The number of nitrogens with one attached hydrogen (secondary N) is 1. The molecule has 0 bridgehead atoms. The van der Waals surface area contributed by atoms with Gasteiger partial charge in [0, 0.05) is 30.9 Å². The van der Waals surface area contributed by atoms with Crippen molar-refractivity contribution in [3.05, 3.63) is 42.1 Å². The van der Waals surface area contributed by atoms with Crippen LogP contribution in [0.3, 0.4) is 0 Å². The van der Waals surface area contributed by atoms with Crippen LogP contribution in [0.5, 0.6) is 0 Å². The number of hydrogen-bond donors (Lipinski definition) is 1. The number of aromatic nitrogens is 3. The molecule has 3 heterocycles. The number of pyridine rings is 1. The van der Waals surface area contributed by atoms with Crippen molar-refractivity contribution in [3.63, 3.8) is 0 Å². The standard InChI is InChI=1S/C17H20N6/c1-2-13-8-17(21-12-20-13)23-7-3-4-16(11-23)22-15-6-5-14(9-18)19-10-15/h5-6,8,10,12,16,22H,2-4,7,11H2,1H3/t16-/m1/s1. The number of piperidine rings is 1. The van der Waals surface area contributed by atoms with E-state index in [2.05, 4.69) is 38.2 Å². The Morgan fingerprint density at radius 3 is 3.00 bits per heavy atom. The molecule has 0 saturated carbocycles. The van der Waals surface area contributed by atoms with Crippen molar-refractivity contribution < 1.29 is 0 Å². The Morgan fingerprint density at radius 1 is 1.35 bits per heavy atom. The Balaban J connectivity index is 1.66. The van der Waals surface area contributed by atoms with E-state index in [1.807, 2.05) is 12.1 Å². The number of hydrogen-bond acceptors (Lipinski definition) is 6. The molecule has 3 rings (SSSR count). The summed E-state index contributed by atoms with van der Waals surface area (Å²) >= 11 is 0. The molecule has 0 unspecified atom stereocenters. The van der Waals surface area contributed by atoms with E-state index in [4.69, 9.17) is 5.26 Å². The number of aryl methyl sites for hydroxylation is 1. The van der Waals surface area contributed by atoms with Crippen molar-refractivity contribution in [2.75, 3.05) is 23.3 Å². The minimum Gasteiger partial charge on any atom is -0.379 e. The predicted octanol–water partition coefficient (Wildman–Crippen LogP) is 2.39. The number of rotatable bonds is 4. The Labute approximate surface area is 136 Å². The first kappa shape index (κ1) is 15.2. The summed E-state index contributed by atoms with van der Waals surface area (Å²) in [5, 5.41) is 12.3. The summed E-state index contributed by atoms with van der Waals surface area (Å²) in [4.78, 5) is 15.1. The highest BCUT2D eigenvalue weighted by molar-refractivity contribution is 5.46. The highest BCUT2D eigenvalue weighted by Crippen LogP contribution is 2.20. The SMILES string of the molecule is CCc1cc(N2CCC[C@@H](Nc3ccc(C#N)nc3)C2)ncn1. The molecule has 6 nitrogen and oxygen atoms in total. The summed E-state index contributed by atoms with van der Waals surface area (Å²) in [6.45, 7) is 4.02. The Bertz CT molecular complexity index is 691. The molecule has 1 aliphatic heterocycles. The maximum Gasteiger partial charge on any atom is 0.140 e. The third-order valence-corrected chi connectivity index (χ3v) is 4.07. The quantitative estimate of drug-likeness (QED) is 0.934. The van der Waals surface area contributed by atoms with E-state index < -0.39 is 0 Å². The predicted molar refractivity (Wildman–Crippen MR) is 89.2 cm³/mol. The fraction of sp³-hybridized carbons (Fsp3) is 0.412. The second kappa shape index (κ2) is 7.05. The second-order valence-electron chi connectivity index (χ2n) is 5.69. The molecule has 2 aromatic heterocycles. The maximum atomic E-state index is 8.80. The van der Waals surface area contributed by atoms with Gasteiger partial charge in [-0.1, -0.05) is 6.92 Å². The zero-order valence-corrected chi connectivity index (χ0v) is 13.2. The molecule has 6 heteroatoms. The minimum atomic E-state index is 0.346. The number of nitrogens with zero attached hydrogens (tertiary/aromatic N) is 5. The molecule has 0 radical (unpaired) electrons. The molecule has 1 N–H and O–H groups in total. The lowest BCUT2D eigenvalue weighted by Crippen LogP contribution is -2.42. The van der Waals surface area contributed by atoms with Crippen LogP contribution in [0.15, 0.2) is 30.7 Å². The summed E-state index contributed by atoms with van der Waals surface area (Å²) < 4.78 is 0. The van der Waals surface area contributed by atoms with Crippen LogP contribution in [-0.2, 0) is 6.42 Å². The van der Waals surface area contributed by atoms with Gasteiger partial charge in [0.2, 0.25) is 0 Å². The molecular weight excluding hydrogens is 288 g/mol. The van der Waals surface area contributed by atoms with Crippen molar-refractivity contribution in [1.82, 2.24) is 15.0 Å². The van der Waals surface area contributed by atoms with Gasteiger partial charge >= 0.3 is 0 Å². The molecule has 23 heavy (non-hydrogen) atoms. The molecular formula is C17H20N6. The molecule has 2 aromatic rings. The van der Waals surface area contributed by atoms with Gasteiger partial charge in [-0.25, -0.2) is 15.0 Å². The lowest BCUT2D eigenvalue weighted by Gasteiger charge is -2.34. The van der Waals surface area contributed by atoms with Crippen LogP contribution >= 0.6 is 0 Å². The van der Waals surface area contributed by atoms with Crippen molar-refractivity contribution >= 4 is 11.5 Å². The summed E-state index contributed by atoms with van der Waals surface area (Å²) in [7, 11) is 0. The third kappa shape index (κ3) is 3.75. The number of nitriles is 1. The summed E-state index contributed by atoms with van der Waals surface area (Å²) in [5.41, 5.74) is 2.46. The lowest BCUT2D eigenvalue weighted by atomic mass is 10.1. The molecule has 0 spiro atoms. The first-order chi connectivity index (χ1) is 11.3. The zero-order valence-electron chi connectivity index (χ0n) is 13.2. The van der Waals surface area contributed by atoms with E-state index in [1.54, 1.807) is 18.6 Å². The minimum absolute atomic E-state index is 0.346. The van der Waals surface area contributed by atoms with Crippen molar-refractivity contribution in [2.45, 2.75) is 32.2 Å². The van der Waals surface area contributed by atoms with Gasteiger partial charge in [0.1, 0.15) is 23.9 Å². The molecule has 118 valence electrons. The monoisotopic (exact) mass is 308 g/mol. The average Bonchev–Trinajstić information content (AvgIpc) is 2.63. The molecule has 1 aliphatic rings. The van der Waals surface area contributed by atoms with Gasteiger partial charge < -0.3 is 10.2 Å². The molecule has 0 amide bonds. The van der Waals surface area contributed by atoms with Crippen LogP contribution in [0, 0.1) is 11.3 Å². The van der Waals surface area contributed by atoms with E-state index in [1.165, 1.54) is 0 Å². The van der Waals surface area contributed by atoms with Gasteiger partial charge in [-0.2, -0.15) is 5.26 Å². The Hall–Kier alpha value is -2.68. The van der Waals surface area contributed by atoms with Crippen LogP contribution in [0.4, 0.5) is 11.5 Å². The Morgan fingerprint density at radius 2 is 2.26 bits per heavy atom. The summed E-state index contributed by atoms with van der Waals surface area (Å²) in [6.07, 6.45) is 6.52. The van der Waals surface area contributed by atoms with E-state index in [0.29, 0.717) is 11.7 Å². The lowest BCUT2D eigenvalue weighted by molar-refractivity contribution is 0.526. The molecule has 1 fully saturated rings. The van der Waals surface area contributed by atoms with Crippen LogP contribution < -0.4 is 10.2 Å². The third-order valence-electron chi connectivity index (χ3n) is 4.07.